The lowest BCUT2D eigenvalue weighted by Gasteiger charge is -2.26. The Morgan fingerprint density at radius 2 is 1.80 bits per heavy atom. The standard InChI is InChI=1S/C16H22N2O2/c1-6-16(2,3)18-15-12-10-14(20-5)13(19-4)9-11(12)7-8-17-15/h7-10H,6H2,1-5H3,(H,17,18). The van der Waals surface area contributed by atoms with Crippen LogP contribution in [0, 0.1) is 0 Å². The Kier molecular flexibility index (Phi) is 4.02. The molecule has 2 rings (SSSR count). The van der Waals surface area contributed by atoms with Crippen LogP contribution in [0.4, 0.5) is 5.82 Å². The van der Waals surface area contributed by atoms with Crippen molar-refractivity contribution in [3.8, 4) is 11.5 Å². The molecule has 0 fully saturated rings. The lowest BCUT2D eigenvalue weighted by molar-refractivity contribution is 0.356. The minimum absolute atomic E-state index is 0.00551. The Labute approximate surface area is 120 Å². The third-order valence-electron chi connectivity index (χ3n) is 3.61. The van der Waals surface area contributed by atoms with Crippen LogP contribution >= 0.6 is 0 Å². The van der Waals surface area contributed by atoms with E-state index in [-0.39, 0.29) is 5.54 Å². The first kappa shape index (κ1) is 14.4. The van der Waals surface area contributed by atoms with Gasteiger partial charge in [-0.15, -0.1) is 0 Å². The molecule has 0 aliphatic carbocycles. The molecule has 1 N–H and O–H groups in total. The van der Waals surface area contributed by atoms with Crippen LogP contribution in [0.3, 0.4) is 0 Å². The molecule has 0 bridgehead atoms. The van der Waals surface area contributed by atoms with Crippen molar-refractivity contribution in [1.29, 1.82) is 0 Å². The van der Waals surface area contributed by atoms with Crippen LogP contribution < -0.4 is 14.8 Å². The summed E-state index contributed by atoms with van der Waals surface area (Å²) in [6.07, 6.45) is 2.82. The van der Waals surface area contributed by atoms with Crippen molar-refractivity contribution in [3.05, 3.63) is 24.4 Å². The molecule has 1 heterocycles. The van der Waals surface area contributed by atoms with Crippen LogP contribution in [-0.4, -0.2) is 24.7 Å². The van der Waals surface area contributed by atoms with Crippen molar-refractivity contribution in [3.63, 3.8) is 0 Å². The number of methoxy groups -OCH3 is 2. The Morgan fingerprint density at radius 3 is 2.40 bits per heavy atom. The third kappa shape index (κ3) is 2.79. The van der Waals surface area contributed by atoms with E-state index in [1.54, 1.807) is 14.2 Å². The minimum atomic E-state index is -0.00551. The smallest absolute Gasteiger partial charge is 0.161 e. The number of pyridine rings is 1. The van der Waals surface area contributed by atoms with Crippen molar-refractivity contribution in [2.24, 2.45) is 0 Å². The highest BCUT2D eigenvalue weighted by atomic mass is 16.5. The zero-order chi connectivity index (χ0) is 14.8. The highest BCUT2D eigenvalue weighted by Gasteiger charge is 2.17. The van der Waals surface area contributed by atoms with E-state index in [1.165, 1.54) is 0 Å². The number of benzene rings is 1. The molecule has 0 aliphatic rings. The minimum Gasteiger partial charge on any atom is -0.493 e. The maximum absolute atomic E-state index is 5.38. The van der Waals surface area contributed by atoms with E-state index in [9.17, 15) is 0 Å². The second-order valence-corrected chi connectivity index (χ2v) is 5.45. The van der Waals surface area contributed by atoms with E-state index < -0.39 is 0 Å². The summed E-state index contributed by atoms with van der Waals surface area (Å²) in [5.41, 5.74) is -0.00551. The van der Waals surface area contributed by atoms with Gasteiger partial charge < -0.3 is 14.8 Å². The fraction of sp³-hybridized carbons (Fsp3) is 0.438. The summed E-state index contributed by atoms with van der Waals surface area (Å²) >= 11 is 0. The number of aromatic nitrogens is 1. The zero-order valence-electron chi connectivity index (χ0n) is 12.8. The predicted octanol–water partition coefficient (Wildman–Crippen LogP) is 3.85. The number of nitrogens with zero attached hydrogens (tertiary/aromatic N) is 1. The first-order valence-electron chi connectivity index (χ1n) is 6.79. The number of nitrogens with one attached hydrogen (secondary N) is 1. The fourth-order valence-electron chi connectivity index (χ4n) is 2.01. The zero-order valence-corrected chi connectivity index (χ0v) is 12.8. The molecule has 0 spiro atoms. The average Bonchev–Trinajstić information content (AvgIpc) is 2.46. The van der Waals surface area contributed by atoms with Gasteiger partial charge in [-0.05, 0) is 43.9 Å². The van der Waals surface area contributed by atoms with Gasteiger partial charge in [-0.1, -0.05) is 6.92 Å². The highest BCUT2D eigenvalue weighted by Crippen LogP contribution is 2.35. The third-order valence-corrected chi connectivity index (χ3v) is 3.61. The second kappa shape index (κ2) is 5.57. The van der Waals surface area contributed by atoms with Gasteiger partial charge in [-0.2, -0.15) is 0 Å². The van der Waals surface area contributed by atoms with Crippen LogP contribution in [0.5, 0.6) is 11.5 Å². The quantitative estimate of drug-likeness (QED) is 0.899. The first-order valence-corrected chi connectivity index (χ1v) is 6.79. The molecule has 0 radical (unpaired) electrons. The van der Waals surface area contributed by atoms with Gasteiger partial charge in [-0.3, -0.25) is 0 Å². The van der Waals surface area contributed by atoms with Gasteiger partial charge in [0.2, 0.25) is 0 Å². The van der Waals surface area contributed by atoms with Gasteiger partial charge in [0, 0.05) is 17.1 Å². The first-order chi connectivity index (χ1) is 9.50. The topological polar surface area (TPSA) is 43.4 Å². The van der Waals surface area contributed by atoms with Gasteiger partial charge in [0.25, 0.3) is 0 Å². The normalized spacial score (nSPS) is 11.4. The lowest BCUT2D eigenvalue weighted by atomic mass is 10.0. The summed E-state index contributed by atoms with van der Waals surface area (Å²) in [5, 5.41) is 5.60. The van der Waals surface area contributed by atoms with Gasteiger partial charge in [-0.25, -0.2) is 4.98 Å². The maximum atomic E-state index is 5.38. The van der Waals surface area contributed by atoms with Crippen molar-refractivity contribution < 1.29 is 9.47 Å². The number of rotatable bonds is 5. The SMILES string of the molecule is CCC(C)(C)Nc1nccc2cc(OC)c(OC)cc12. The predicted molar refractivity (Wildman–Crippen MR) is 82.8 cm³/mol. The Morgan fingerprint density at radius 1 is 1.15 bits per heavy atom. The van der Waals surface area contributed by atoms with Crippen LogP contribution in [0.15, 0.2) is 24.4 Å². The fourth-order valence-corrected chi connectivity index (χ4v) is 2.01. The van der Waals surface area contributed by atoms with Gasteiger partial charge in [0.1, 0.15) is 5.82 Å². The molecule has 4 nitrogen and oxygen atoms in total. The Balaban J connectivity index is 2.56. The molecule has 2 aromatic rings. The molecule has 0 saturated heterocycles. The van der Waals surface area contributed by atoms with Gasteiger partial charge >= 0.3 is 0 Å². The van der Waals surface area contributed by atoms with Crippen molar-refractivity contribution in [1.82, 2.24) is 4.98 Å². The van der Waals surface area contributed by atoms with E-state index in [4.69, 9.17) is 9.47 Å². The van der Waals surface area contributed by atoms with Gasteiger partial charge in [0.05, 0.1) is 14.2 Å². The number of hydrogen-bond donors (Lipinski definition) is 1. The highest BCUT2D eigenvalue weighted by molar-refractivity contribution is 5.94. The summed E-state index contributed by atoms with van der Waals surface area (Å²) in [5.74, 6) is 2.31. The molecule has 0 aliphatic heterocycles. The van der Waals surface area contributed by atoms with Crippen LogP contribution in [0.1, 0.15) is 27.2 Å². The summed E-state index contributed by atoms with van der Waals surface area (Å²) in [6.45, 7) is 6.48. The average molecular weight is 274 g/mol. The van der Waals surface area contributed by atoms with Crippen molar-refractivity contribution in [2.75, 3.05) is 19.5 Å². The molecular weight excluding hydrogens is 252 g/mol. The molecule has 20 heavy (non-hydrogen) atoms. The number of anilines is 1. The van der Waals surface area contributed by atoms with Gasteiger partial charge in [0.15, 0.2) is 11.5 Å². The van der Waals surface area contributed by atoms with Crippen LogP contribution in [0.25, 0.3) is 10.8 Å². The van der Waals surface area contributed by atoms with Crippen molar-refractivity contribution in [2.45, 2.75) is 32.7 Å². The summed E-state index contributed by atoms with van der Waals surface area (Å²) in [6, 6.07) is 5.91. The summed E-state index contributed by atoms with van der Waals surface area (Å²) in [7, 11) is 3.29. The Hall–Kier alpha value is -1.97. The molecule has 0 atom stereocenters. The van der Waals surface area contributed by atoms with E-state index in [0.717, 1.165) is 28.8 Å². The van der Waals surface area contributed by atoms with Crippen LogP contribution in [-0.2, 0) is 0 Å². The molecule has 1 aromatic carbocycles. The summed E-state index contributed by atoms with van der Waals surface area (Å²) in [4.78, 5) is 4.46. The molecule has 0 unspecified atom stereocenters. The maximum Gasteiger partial charge on any atom is 0.161 e. The summed E-state index contributed by atoms with van der Waals surface area (Å²) < 4.78 is 10.7. The molecule has 108 valence electrons. The number of ether oxygens (including phenoxy) is 2. The van der Waals surface area contributed by atoms with Crippen LogP contribution in [0.2, 0.25) is 0 Å². The molecular formula is C16H22N2O2. The Bertz CT molecular complexity index is 609. The van der Waals surface area contributed by atoms with Crippen molar-refractivity contribution >= 4 is 16.6 Å². The van der Waals surface area contributed by atoms with E-state index in [2.05, 4.69) is 31.1 Å². The van der Waals surface area contributed by atoms with E-state index in [1.807, 2.05) is 24.4 Å². The monoisotopic (exact) mass is 274 g/mol. The number of hydrogen-bond acceptors (Lipinski definition) is 4. The molecule has 0 amide bonds. The van der Waals surface area contributed by atoms with E-state index in [0.29, 0.717) is 5.75 Å². The number of fused-ring (bicyclic) bond motifs is 1. The largest absolute Gasteiger partial charge is 0.493 e. The molecule has 1 aromatic heterocycles. The lowest BCUT2D eigenvalue weighted by Crippen LogP contribution is -2.30. The molecule has 4 heteroatoms. The second-order valence-electron chi connectivity index (χ2n) is 5.45. The molecule has 0 saturated carbocycles. The van der Waals surface area contributed by atoms with E-state index >= 15 is 0 Å².